The number of piperazine rings is 1. The van der Waals surface area contributed by atoms with Crippen LogP contribution in [0.4, 0.5) is 5.69 Å². The molecule has 0 saturated carbocycles. The predicted octanol–water partition coefficient (Wildman–Crippen LogP) is 0.769. The Balaban J connectivity index is 1.54. The molecule has 2 fully saturated rings. The van der Waals surface area contributed by atoms with Gasteiger partial charge in [0.25, 0.3) is 0 Å². The molecule has 2 aliphatic rings. The molecule has 4 nitrogen and oxygen atoms in total. The van der Waals surface area contributed by atoms with E-state index in [2.05, 4.69) is 45.4 Å². The summed E-state index contributed by atoms with van der Waals surface area (Å²) in [6, 6.07) is 10.6. The minimum atomic E-state index is 0.219. The van der Waals surface area contributed by atoms with E-state index in [-0.39, 0.29) is 6.23 Å². The molecule has 0 aliphatic carbocycles. The Morgan fingerprint density at radius 2 is 1.83 bits per heavy atom. The Labute approximate surface area is 109 Å². The average molecular weight is 246 g/mol. The molecule has 2 heterocycles. The highest BCUT2D eigenvalue weighted by molar-refractivity contribution is 5.46. The Bertz CT molecular complexity index is 357. The van der Waals surface area contributed by atoms with Gasteiger partial charge in [-0.25, -0.2) is 5.32 Å². The first-order valence-corrected chi connectivity index (χ1v) is 6.72. The minimum absolute atomic E-state index is 0.219. The smallest absolute Gasteiger partial charge is 0.125 e. The number of anilines is 1. The summed E-state index contributed by atoms with van der Waals surface area (Å²) in [7, 11) is 0. The van der Waals surface area contributed by atoms with Crippen molar-refractivity contribution < 1.29 is 4.74 Å². The third-order valence-electron chi connectivity index (χ3n) is 3.69. The fraction of sp³-hybridized carbons (Fsp3) is 0.571. The summed E-state index contributed by atoms with van der Waals surface area (Å²) in [5, 5.41) is 4.43. The van der Waals surface area contributed by atoms with E-state index in [1.54, 1.807) is 0 Å². The van der Waals surface area contributed by atoms with Crippen molar-refractivity contribution in [2.75, 3.05) is 50.8 Å². The van der Waals surface area contributed by atoms with Gasteiger partial charge in [-0.2, -0.15) is 0 Å². The number of ether oxygens (including phenoxy) is 1. The number of benzene rings is 1. The third kappa shape index (κ3) is 2.66. The number of morpholine rings is 1. The lowest BCUT2D eigenvalue weighted by Crippen LogP contribution is -2.55. The first-order valence-electron chi connectivity index (χ1n) is 6.72. The average Bonchev–Trinajstić information content (AvgIpc) is 2.49. The molecule has 1 aromatic carbocycles. The monoisotopic (exact) mass is 246 g/mol. The van der Waals surface area contributed by atoms with Crippen LogP contribution in [-0.4, -0.2) is 57.0 Å². The van der Waals surface area contributed by atoms with Crippen LogP contribution < -0.4 is 10.2 Å². The molecule has 0 amide bonds. The van der Waals surface area contributed by atoms with Crippen molar-refractivity contribution in [2.45, 2.75) is 6.23 Å². The summed E-state index contributed by atoms with van der Waals surface area (Å²) < 4.78 is 5.77. The summed E-state index contributed by atoms with van der Waals surface area (Å²) >= 11 is 0. The molecule has 0 N–H and O–H groups in total. The van der Waals surface area contributed by atoms with E-state index in [1.807, 2.05) is 0 Å². The number of rotatable bonds is 2. The van der Waals surface area contributed by atoms with Crippen LogP contribution in [0.5, 0.6) is 0 Å². The summed E-state index contributed by atoms with van der Waals surface area (Å²) in [4.78, 5) is 4.86. The largest absolute Gasteiger partial charge is 0.369 e. The summed E-state index contributed by atoms with van der Waals surface area (Å²) in [6.07, 6.45) is 0.219. The first kappa shape index (κ1) is 12.0. The highest BCUT2D eigenvalue weighted by atomic mass is 16.5. The van der Waals surface area contributed by atoms with E-state index in [9.17, 15) is 0 Å². The molecular weight excluding hydrogens is 226 g/mol. The zero-order valence-electron chi connectivity index (χ0n) is 10.7. The molecule has 97 valence electrons. The van der Waals surface area contributed by atoms with Crippen LogP contribution in [0.2, 0.25) is 0 Å². The summed E-state index contributed by atoms with van der Waals surface area (Å²) in [5.41, 5.74) is 1.33. The third-order valence-corrected chi connectivity index (χ3v) is 3.69. The number of para-hydroxylation sites is 1. The molecule has 3 rings (SSSR count). The second-order valence-electron chi connectivity index (χ2n) is 4.81. The lowest BCUT2D eigenvalue weighted by atomic mass is 10.2. The van der Waals surface area contributed by atoms with E-state index in [0.717, 1.165) is 45.9 Å². The van der Waals surface area contributed by atoms with Crippen molar-refractivity contribution in [3.8, 4) is 0 Å². The van der Waals surface area contributed by atoms with Gasteiger partial charge in [-0.05, 0) is 12.1 Å². The van der Waals surface area contributed by atoms with Crippen LogP contribution in [-0.2, 0) is 4.74 Å². The van der Waals surface area contributed by atoms with E-state index >= 15 is 0 Å². The maximum atomic E-state index is 5.77. The summed E-state index contributed by atoms with van der Waals surface area (Å²) in [6.45, 7) is 6.76. The molecule has 4 heteroatoms. The Hall–Kier alpha value is -1.10. The van der Waals surface area contributed by atoms with Crippen LogP contribution in [0, 0.1) is 0 Å². The highest BCUT2D eigenvalue weighted by Crippen LogP contribution is 2.17. The highest BCUT2D eigenvalue weighted by Gasteiger charge is 2.26. The first-order chi connectivity index (χ1) is 8.93. The molecule has 1 aromatic rings. The lowest BCUT2D eigenvalue weighted by Gasteiger charge is -2.40. The topological polar surface area (TPSA) is 29.8 Å². The molecular formula is C14H20N3O. The zero-order valence-corrected chi connectivity index (χ0v) is 10.7. The van der Waals surface area contributed by atoms with Gasteiger partial charge in [0.2, 0.25) is 0 Å². The van der Waals surface area contributed by atoms with Gasteiger partial charge < -0.3 is 9.64 Å². The van der Waals surface area contributed by atoms with Gasteiger partial charge in [-0.15, -0.1) is 0 Å². The van der Waals surface area contributed by atoms with Gasteiger partial charge in [-0.3, -0.25) is 4.90 Å². The van der Waals surface area contributed by atoms with Crippen molar-refractivity contribution in [1.82, 2.24) is 10.2 Å². The predicted molar refractivity (Wildman–Crippen MR) is 71.8 cm³/mol. The molecule has 2 saturated heterocycles. The van der Waals surface area contributed by atoms with E-state index in [0.29, 0.717) is 0 Å². The van der Waals surface area contributed by atoms with Crippen LogP contribution >= 0.6 is 0 Å². The molecule has 2 aliphatic heterocycles. The van der Waals surface area contributed by atoms with E-state index < -0.39 is 0 Å². The molecule has 1 atom stereocenters. The Kier molecular flexibility index (Phi) is 3.78. The Morgan fingerprint density at radius 1 is 1.06 bits per heavy atom. The van der Waals surface area contributed by atoms with Gasteiger partial charge in [0.05, 0.1) is 13.2 Å². The van der Waals surface area contributed by atoms with Gasteiger partial charge >= 0.3 is 0 Å². The maximum Gasteiger partial charge on any atom is 0.125 e. The van der Waals surface area contributed by atoms with Crippen molar-refractivity contribution >= 4 is 5.69 Å². The molecule has 0 spiro atoms. The van der Waals surface area contributed by atoms with Crippen LogP contribution in [0.3, 0.4) is 0 Å². The van der Waals surface area contributed by atoms with Crippen molar-refractivity contribution in [2.24, 2.45) is 0 Å². The van der Waals surface area contributed by atoms with Crippen LogP contribution in [0.25, 0.3) is 0 Å². The van der Waals surface area contributed by atoms with Crippen molar-refractivity contribution in [1.29, 1.82) is 0 Å². The molecule has 0 bridgehead atoms. The van der Waals surface area contributed by atoms with E-state index in [1.165, 1.54) is 5.69 Å². The second kappa shape index (κ2) is 5.69. The molecule has 0 aromatic heterocycles. The van der Waals surface area contributed by atoms with Crippen molar-refractivity contribution in [3.05, 3.63) is 30.3 Å². The standard InChI is InChI=1S/C14H20N3O/c1-2-4-13(5-3-1)16-7-9-17(10-8-16)14-12-15-6-11-18-14/h1-5,14H,6-12H2. The number of hydrogen-bond acceptors (Lipinski definition) is 3. The molecule has 1 unspecified atom stereocenters. The number of nitrogens with zero attached hydrogens (tertiary/aromatic N) is 3. The van der Waals surface area contributed by atoms with Crippen molar-refractivity contribution in [3.63, 3.8) is 0 Å². The minimum Gasteiger partial charge on any atom is -0.369 e. The summed E-state index contributed by atoms with van der Waals surface area (Å²) in [5.74, 6) is 0. The van der Waals surface area contributed by atoms with Gasteiger partial charge in [0, 0.05) is 38.4 Å². The molecule has 18 heavy (non-hydrogen) atoms. The Morgan fingerprint density at radius 3 is 2.50 bits per heavy atom. The van der Waals surface area contributed by atoms with Gasteiger partial charge in [0.1, 0.15) is 6.23 Å². The van der Waals surface area contributed by atoms with Crippen LogP contribution in [0.1, 0.15) is 0 Å². The normalized spacial score (nSPS) is 26.2. The SMILES string of the molecule is c1ccc(N2CCN(C3C[N]CCO3)CC2)cc1. The maximum absolute atomic E-state index is 5.77. The van der Waals surface area contributed by atoms with Gasteiger partial charge in [-0.1, -0.05) is 18.2 Å². The fourth-order valence-corrected chi connectivity index (χ4v) is 2.64. The second-order valence-corrected chi connectivity index (χ2v) is 4.81. The quantitative estimate of drug-likeness (QED) is 0.772. The fourth-order valence-electron chi connectivity index (χ4n) is 2.64. The zero-order chi connectivity index (χ0) is 12.2. The van der Waals surface area contributed by atoms with E-state index in [4.69, 9.17) is 4.74 Å². The van der Waals surface area contributed by atoms with Crippen LogP contribution in [0.15, 0.2) is 30.3 Å². The number of hydrogen-bond donors (Lipinski definition) is 0. The lowest BCUT2D eigenvalue weighted by molar-refractivity contribution is -0.0778. The van der Waals surface area contributed by atoms with Gasteiger partial charge in [0.15, 0.2) is 0 Å². The molecule has 1 radical (unpaired) electrons.